The summed E-state index contributed by atoms with van der Waals surface area (Å²) < 4.78 is 62.0. The summed E-state index contributed by atoms with van der Waals surface area (Å²) >= 11 is 5.10. The van der Waals surface area contributed by atoms with Crippen molar-refractivity contribution >= 4 is 17.3 Å². The smallest absolute Gasteiger partial charge is 0.258 e. The van der Waals surface area contributed by atoms with Crippen molar-refractivity contribution in [3.63, 3.8) is 0 Å². The number of pyridine rings is 1. The third kappa shape index (κ3) is 2.60. The zero-order valence-electron chi connectivity index (χ0n) is 7.63. The first kappa shape index (κ1) is 13.6. The van der Waals surface area contributed by atoms with Gasteiger partial charge >= 0.3 is 11.9 Å². The van der Waals surface area contributed by atoms with Gasteiger partial charge in [0.05, 0.1) is 9.95 Å². The van der Waals surface area contributed by atoms with Gasteiger partial charge in [-0.1, -0.05) is 11.6 Å². The van der Waals surface area contributed by atoms with Gasteiger partial charge in [0.2, 0.25) is 0 Å². The van der Waals surface area contributed by atoms with Crippen LogP contribution in [-0.2, 0) is 6.18 Å². The van der Waals surface area contributed by atoms with E-state index in [1.54, 1.807) is 0 Å². The molecule has 0 bridgehead atoms. The summed E-state index contributed by atoms with van der Waals surface area (Å²) in [4.78, 5) is 11.7. The number of hydrogen-bond donors (Lipinski definition) is 0. The van der Waals surface area contributed by atoms with Gasteiger partial charge in [0, 0.05) is 6.20 Å². The predicted molar refractivity (Wildman–Crippen MR) is 45.9 cm³/mol. The van der Waals surface area contributed by atoms with E-state index in [0.29, 0.717) is 6.20 Å². The molecule has 0 atom stereocenters. The second-order valence-electron chi connectivity index (χ2n) is 2.77. The van der Waals surface area contributed by atoms with Gasteiger partial charge in [-0.25, -0.2) is 13.8 Å². The average molecular weight is 277 g/mol. The van der Waals surface area contributed by atoms with Gasteiger partial charge < -0.3 is 0 Å². The Balaban J connectivity index is 3.67. The molecule has 0 aliphatic carbocycles. The van der Waals surface area contributed by atoms with E-state index in [1.807, 2.05) is 0 Å². The average Bonchev–Trinajstić information content (AvgIpc) is 2.14. The molecule has 0 radical (unpaired) electrons. The molecule has 0 saturated heterocycles. The summed E-state index contributed by atoms with van der Waals surface area (Å²) in [5.74, 6) is 0. The fourth-order valence-corrected chi connectivity index (χ4v) is 1.35. The molecule has 1 aromatic rings. The Bertz CT molecular complexity index is 462. The largest absolute Gasteiger partial charge is 0.424 e. The molecule has 0 aromatic carbocycles. The highest BCUT2D eigenvalue weighted by molar-refractivity contribution is 6.31. The first-order chi connectivity index (χ1) is 7.66. The molecule has 0 N–H and O–H groups in total. The number of rotatable bonds is 2. The van der Waals surface area contributed by atoms with Crippen molar-refractivity contribution in [3.8, 4) is 0 Å². The molecule has 0 spiro atoms. The number of halogens is 6. The van der Waals surface area contributed by atoms with Crippen molar-refractivity contribution in [3.05, 3.63) is 32.6 Å². The van der Waals surface area contributed by atoms with Gasteiger partial charge in [0.1, 0.15) is 0 Å². The lowest BCUT2D eigenvalue weighted by Gasteiger charge is -2.11. The number of aromatic nitrogens is 1. The second-order valence-corrected chi connectivity index (χ2v) is 3.18. The lowest BCUT2D eigenvalue weighted by Crippen LogP contribution is -2.13. The van der Waals surface area contributed by atoms with E-state index in [0.717, 1.165) is 0 Å². The minimum absolute atomic E-state index is 0.304. The number of alkyl halides is 5. The number of nitrogens with zero attached hydrogens (tertiary/aromatic N) is 2. The molecule has 0 fully saturated rings. The van der Waals surface area contributed by atoms with E-state index in [-0.39, 0.29) is 0 Å². The van der Waals surface area contributed by atoms with Gasteiger partial charge in [-0.3, -0.25) is 10.1 Å². The van der Waals surface area contributed by atoms with E-state index in [9.17, 15) is 32.1 Å². The Labute approximate surface area is 95.2 Å². The zero-order chi connectivity index (χ0) is 13.4. The molecule has 1 heterocycles. The van der Waals surface area contributed by atoms with Crippen molar-refractivity contribution in [2.75, 3.05) is 0 Å². The molecule has 10 heteroatoms. The monoisotopic (exact) mass is 276 g/mol. The summed E-state index contributed by atoms with van der Waals surface area (Å²) in [6.45, 7) is 0. The molecule has 94 valence electrons. The molecule has 4 nitrogen and oxygen atoms in total. The van der Waals surface area contributed by atoms with Crippen molar-refractivity contribution < 1.29 is 26.9 Å². The van der Waals surface area contributed by atoms with Crippen LogP contribution in [0.25, 0.3) is 0 Å². The minimum Gasteiger partial charge on any atom is -0.258 e. The van der Waals surface area contributed by atoms with E-state index in [2.05, 4.69) is 4.98 Å². The lowest BCUT2D eigenvalue weighted by molar-refractivity contribution is -0.389. The molecular weight excluding hydrogens is 275 g/mol. The summed E-state index contributed by atoms with van der Waals surface area (Å²) in [7, 11) is 0. The Morgan fingerprint density at radius 1 is 1.41 bits per heavy atom. The van der Waals surface area contributed by atoms with Gasteiger partial charge in [-0.05, 0) is 0 Å². The van der Waals surface area contributed by atoms with Crippen molar-refractivity contribution in [1.82, 2.24) is 4.98 Å². The molecule has 0 unspecified atom stereocenters. The van der Waals surface area contributed by atoms with Gasteiger partial charge in [0.25, 0.3) is 6.43 Å². The Morgan fingerprint density at radius 2 is 1.94 bits per heavy atom. The van der Waals surface area contributed by atoms with Crippen LogP contribution < -0.4 is 0 Å². The highest BCUT2D eigenvalue weighted by Gasteiger charge is 2.44. The van der Waals surface area contributed by atoms with Crippen LogP contribution in [0.5, 0.6) is 0 Å². The fraction of sp³-hybridized carbons (Fsp3) is 0.286. The van der Waals surface area contributed by atoms with Crippen molar-refractivity contribution in [2.45, 2.75) is 12.6 Å². The van der Waals surface area contributed by atoms with Crippen LogP contribution in [0.1, 0.15) is 17.7 Å². The first-order valence-corrected chi connectivity index (χ1v) is 4.22. The highest BCUT2D eigenvalue weighted by Crippen LogP contribution is 2.43. The zero-order valence-corrected chi connectivity index (χ0v) is 8.39. The van der Waals surface area contributed by atoms with Crippen LogP contribution in [0.3, 0.4) is 0 Å². The van der Waals surface area contributed by atoms with Gasteiger partial charge in [-0.2, -0.15) is 13.2 Å². The van der Waals surface area contributed by atoms with Crippen LogP contribution >= 0.6 is 11.6 Å². The van der Waals surface area contributed by atoms with Crippen LogP contribution in [0.15, 0.2) is 6.20 Å². The summed E-state index contributed by atoms with van der Waals surface area (Å²) in [5.41, 5.74) is -5.30. The van der Waals surface area contributed by atoms with Crippen LogP contribution in [-0.4, -0.2) is 9.91 Å². The first-order valence-electron chi connectivity index (χ1n) is 3.84. The molecule has 0 aliphatic rings. The Kier molecular flexibility index (Phi) is 3.51. The van der Waals surface area contributed by atoms with Crippen molar-refractivity contribution in [2.24, 2.45) is 0 Å². The van der Waals surface area contributed by atoms with Crippen LogP contribution in [0.2, 0.25) is 5.02 Å². The standard InChI is InChI=1S/C7H2ClF5N2O2/c8-2-1-14-4(6(9)10)5(15(16)17)3(2)7(11,12)13/h1,6H. The third-order valence-electron chi connectivity index (χ3n) is 1.71. The van der Waals surface area contributed by atoms with E-state index in [4.69, 9.17) is 11.6 Å². The lowest BCUT2D eigenvalue weighted by atomic mass is 10.1. The molecule has 0 saturated carbocycles. The molecular formula is C7H2ClF5N2O2. The fourth-order valence-electron chi connectivity index (χ4n) is 1.11. The SMILES string of the molecule is O=[N+]([O-])c1c(C(F)F)ncc(Cl)c1C(F)(F)F. The van der Waals surface area contributed by atoms with E-state index in [1.165, 1.54) is 0 Å². The highest BCUT2D eigenvalue weighted by atomic mass is 35.5. The maximum atomic E-state index is 12.5. The maximum Gasteiger partial charge on any atom is 0.424 e. The molecule has 0 amide bonds. The summed E-state index contributed by atoms with van der Waals surface area (Å²) in [6, 6.07) is 0. The molecule has 0 aliphatic heterocycles. The Morgan fingerprint density at radius 3 is 2.29 bits per heavy atom. The van der Waals surface area contributed by atoms with Crippen molar-refractivity contribution in [1.29, 1.82) is 0 Å². The Hall–Kier alpha value is -1.51. The summed E-state index contributed by atoms with van der Waals surface area (Å²) in [6.07, 6.45) is -8.42. The second kappa shape index (κ2) is 4.40. The quantitative estimate of drug-likeness (QED) is 0.471. The van der Waals surface area contributed by atoms with E-state index < -0.39 is 39.5 Å². The third-order valence-corrected chi connectivity index (χ3v) is 1.99. The van der Waals surface area contributed by atoms with E-state index >= 15 is 0 Å². The summed E-state index contributed by atoms with van der Waals surface area (Å²) in [5, 5.41) is 9.32. The minimum atomic E-state index is -5.22. The maximum absolute atomic E-state index is 12.5. The number of nitro groups is 1. The number of hydrogen-bond acceptors (Lipinski definition) is 3. The normalized spacial score (nSPS) is 11.9. The molecule has 1 rings (SSSR count). The predicted octanol–water partition coefficient (Wildman–Crippen LogP) is 3.60. The van der Waals surface area contributed by atoms with Crippen LogP contribution in [0.4, 0.5) is 27.6 Å². The van der Waals surface area contributed by atoms with Gasteiger partial charge in [0.15, 0.2) is 11.3 Å². The topological polar surface area (TPSA) is 56.0 Å². The van der Waals surface area contributed by atoms with Gasteiger partial charge in [-0.15, -0.1) is 0 Å². The molecule has 1 aromatic heterocycles. The molecule has 17 heavy (non-hydrogen) atoms. The van der Waals surface area contributed by atoms with Crippen LogP contribution in [0, 0.1) is 10.1 Å².